The number of nitro benzene ring substituents is 1. The number of hydrogen-bond donors (Lipinski definition) is 1. The van der Waals surface area contributed by atoms with Crippen molar-refractivity contribution in [3.05, 3.63) is 86.9 Å². The molecule has 0 saturated heterocycles. The summed E-state index contributed by atoms with van der Waals surface area (Å²) in [5.74, 6) is 0.579. The number of non-ortho nitro benzene ring substituents is 1. The maximum atomic E-state index is 14.8. The molecule has 2 aliphatic rings. The molecule has 1 N–H and O–H groups in total. The first-order valence-electron chi connectivity index (χ1n) is 10.1. The third-order valence-corrected chi connectivity index (χ3v) is 6.47. The summed E-state index contributed by atoms with van der Waals surface area (Å²) >= 11 is 1.37. The highest BCUT2D eigenvalue weighted by Crippen LogP contribution is 2.41. The number of nitrogens with one attached hydrogen (secondary N) is 1. The minimum absolute atomic E-state index is 0.00626. The molecule has 1 aliphatic heterocycles. The van der Waals surface area contributed by atoms with Crippen molar-refractivity contribution in [3.8, 4) is 0 Å². The van der Waals surface area contributed by atoms with Crippen LogP contribution in [0.3, 0.4) is 0 Å². The van der Waals surface area contributed by atoms with Crippen LogP contribution in [0.15, 0.2) is 65.0 Å². The van der Waals surface area contributed by atoms with Crippen molar-refractivity contribution in [3.63, 3.8) is 0 Å². The van der Waals surface area contributed by atoms with Gasteiger partial charge in [-0.3, -0.25) is 14.9 Å². The van der Waals surface area contributed by atoms with Crippen molar-refractivity contribution in [1.29, 1.82) is 0 Å². The number of aromatic nitrogens is 3. The van der Waals surface area contributed by atoms with Gasteiger partial charge in [0.15, 0.2) is 5.78 Å². The number of fused-ring (bicyclic) bond motifs is 1. The van der Waals surface area contributed by atoms with Gasteiger partial charge in [-0.2, -0.15) is 4.98 Å². The van der Waals surface area contributed by atoms with Gasteiger partial charge in [-0.15, -0.1) is 5.10 Å². The van der Waals surface area contributed by atoms with Crippen molar-refractivity contribution in [2.75, 3.05) is 5.32 Å². The number of rotatable bonds is 5. The van der Waals surface area contributed by atoms with Gasteiger partial charge in [0.2, 0.25) is 11.1 Å². The number of halogens is 1. The smallest absolute Gasteiger partial charge is 0.269 e. The quantitative estimate of drug-likeness (QED) is 0.342. The normalized spacial score (nSPS) is 17.5. The number of anilines is 1. The van der Waals surface area contributed by atoms with Crippen LogP contribution in [0.25, 0.3) is 0 Å². The van der Waals surface area contributed by atoms with Gasteiger partial charge in [0.05, 0.1) is 4.92 Å². The van der Waals surface area contributed by atoms with Gasteiger partial charge in [-0.1, -0.05) is 42.1 Å². The van der Waals surface area contributed by atoms with E-state index in [-0.39, 0.29) is 11.5 Å². The molecule has 0 spiro atoms. The summed E-state index contributed by atoms with van der Waals surface area (Å²) in [5.41, 5.74) is 2.63. The molecule has 1 aromatic heterocycles. The number of Topliss-reactive ketones (excluding diaryl/α,β-unsaturated/α-hetero) is 1. The van der Waals surface area contributed by atoms with Crippen LogP contribution >= 0.6 is 11.8 Å². The predicted octanol–water partition coefficient (Wildman–Crippen LogP) is 4.64. The molecule has 32 heavy (non-hydrogen) atoms. The zero-order chi connectivity index (χ0) is 22.2. The number of carbonyl (C=O) groups excluding carboxylic acids is 1. The lowest BCUT2D eigenvalue weighted by molar-refractivity contribution is -0.384. The first kappa shape index (κ1) is 20.4. The maximum absolute atomic E-state index is 14.8. The molecule has 0 amide bonds. The van der Waals surface area contributed by atoms with Crippen LogP contribution in [0.4, 0.5) is 16.0 Å². The number of ketones is 1. The van der Waals surface area contributed by atoms with Crippen LogP contribution in [-0.4, -0.2) is 25.5 Å². The summed E-state index contributed by atoms with van der Waals surface area (Å²) in [5, 5.41) is 19.1. The Bertz CT molecular complexity index is 1250. The molecule has 8 nitrogen and oxygen atoms in total. The van der Waals surface area contributed by atoms with E-state index in [2.05, 4.69) is 15.4 Å². The topological polar surface area (TPSA) is 103 Å². The van der Waals surface area contributed by atoms with Gasteiger partial charge >= 0.3 is 0 Å². The SMILES string of the molecule is O=C1CCCC2=C1C(c1ccccc1F)n1nc(SCc3ccc([N+](=O)[O-])cc3)nc1N2. The summed E-state index contributed by atoms with van der Waals surface area (Å²) in [7, 11) is 0. The Morgan fingerprint density at radius 1 is 1.19 bits per heavy atom. The molecule has 2 heterocycles. The van der Waals surface area contributed by atoms with Crippen molar-refractivity contribution in [2.24, 2.45) is 0 Å². The van der Waals surface area contributed by atoms with Crippen LogP contribution in [0.1, 0.15) is 36.4 Å². The van der Waals surface area contributed by atoms with E-state index in [4.69, 9.17) is 0 Å². The predicted molar refractivity (Wildman–Crippen MR) is 117 cm³/mol. The molecule has 1 unspecified atom stereocenters. The highest BCUT2D eigenvalue weighted by atomic mass is 32.2. The van der Waals surface area contributed by atoms with Gasteiger partial charge in [-0.05, 0) is 24.5 Å². The first-order chi connectivity index (χ1) is 15.5. The van der Waals surface area contributed by atoms with Gasteiger partial charge in [0.25, 0.3) is 5.69 Å². The van der Waals surface area contributed by atoms with E-state index in [1.807, 2.05) is 0 Å². The average Bonchev–Trinajstić information content (AvgIpc) is 3.20. The molecule has 1 aliphatic carbocycles. The number of benzene rings is 2. The van der Waals surface area contributed by atoms with Gasteiger partial charge in [-0.25, -0.2) is 9.07 Å². The van der Waals surface area contributed by atoms with Crippen molar-refractivity contribution < 1.29 is 14.1 Å². The number of allylic oxidation sites excluding steroid dienone is 2. The van der Waals surface area contributed by atoms with E-state index in [1.165, 1.54) is 30.0 Å². The van der Waals surface area contributed by atoms with E-state index in [1.54, 1.807) is 35.0 Å². The summed E-state index contributed by atoms with van der Waals surface area (Å²) in [6, 6.07) is 12.1. The monoisotopic (exact) mass is 451 g/mol. The summed E-state index contributed by atoms with van der Waals surface area (Å²) in [6.45, 7) is 0. The third kappa shape index (κ3) is 3.66. The molecule has 0 fully saturated rings. The highest BCUT2D eigenvalue weighted by Gasteiger charge is 2.37. The third-order valence-electron chi connectivity index (χ3n) is 5.56. The van der Waals surface area contributed by atoms with Gasteiger partial charge in [0, 0.05) is 41.1 Å². The Morgan fingerprint density at radius 3 is 2.72 bits per heavy atom. The van der Waals surface area contributed by atoms with Crippen LogP contribution in [-0.2, 0) is 10.5 Å². The van der Waals surface area contributed by atoms with E-state index in [0.717, 1.165) is 17.7 Å². The van der Waals surface area contributed by atoms with E-state index in [9.17, 15) is 19.3 Å². The number of thioether (sulfide) groups is 1. The molecule has 1 atom stereocenters. The summed E-state index contributed by atoms with van der Waals surface area (Å²) < 4.78 is 16.3. The fraction of sp³-hybridized carbons (Fsp3) is 0.227. The Kier molecular flexibility index (Phi) is 5.22. The van der Waals surface area contributed by atoms with Crippen molar-refractivity contribution >= 4 is 29.2 Å². The molecule has 162 valence electrons. The maximum Gasteiger partial charge on any atom is 0.269 e. The second-order valence-corrected chi connectivity index (χ2v) is 8.54. The molecular formula is C22H18FN5O3S. The van der Waals surface area contributed by atoms with Crippen LogP contribution in [0.5, 0.6) is 0 Å². The molecular weight excluding hydrogens is 433 g/mol. The fourth-order valence-electron chi connectivity index (χ4n) is 4.04. The van der Waals surface area contributed by atoms with E-state index >= 15 is 0 Å². The zero-order valence-corrected chi connectivity index (χ0v) is 17.6. The van der Waals surface area contributed by atoms with Crippen LogP contribution in [0.2, 0.25) is 0 Å². The molecule has 0 bridgehead atoms. The minimum Gasteiger partial charge on any atom is -0.328 e. The first-order valence-corrected chi connectivity index (χ1v) is 11.1. The summed E-state index contributed by atoms with van der Waals surface area (Å²) in [6.07, 6.45) is 1.87. The minimum atomic E-state index is -0.670. The molecule has 2 aromatic carbocycles. The van der Waals surface area contributed by atoms with E-state index in [0.29, 0.717) is 40.8 Å². The van der Waals surface area contributed by atoms with Gasteiger partial charge < -0.3 is 5.32 Å². The lowest BCUT2D eigenvalue weighted by Crippen LogP contribution is -2.32. The number of carbonyl (C=O) groups is 1. The summed E-state index contributed by atoms with van der Waals surface area (Å²) in [4.78, 5) is 27.7. The Morgan fingerprint density at radius 2 is 1.97 bits per heavy atom. The molecule has 10 heteroatoms. The largest absolute Gasteiger partial charge is 0.328 e. The lowest BCUT2D eigenvalue weighted by Gasteiger charge is -2.32. The second-order valence-electron chi connectivity index (χ2n) is 7.59. The Labute approximate surface area is 186 Å². The fourth-order valence-corrected chi connectivity index (χ4v) is 4.83. The Hall–Kier alpha value is -3.53. The molecule has 0 radical (unpaired) electrons. The number of nitro groups is 1. The zero-order valence-electron chi connectivity index (χ0n) is 16.8. The standard InChI is InChI=1S/C22H18FN5O3S/c23-16-5-2-1-4-15(16)20-19-17(6-3-7-18(19)29)24-21-25-22(26-27(20)21)32-12-13-8-10-14(11-9-13)28(30)31/h1-2,4-5,8-11,20H,3,6-7,12H2,(H,24,25,26). The molecule has 0 saturated carbocycles. The highest BCUT2D eigenvalue weighted by molar-refractivity contribution is 7.98. The molecule has 3 aromatic rings. The van der Waals surface area contributed by atoms with Gasteiger partial charge in [0.1, 0.15) is 11.9 Å². The lowest BCUT2D eigenvalue weighted by atomic mass is 9.85. The van der Waals surface area contributed by atoms with Crippen molar-refractivity contribution in [1.82, 2.24) is 14.8 Å². The van der Waals surface area contributed by atoms with Crippen molar-refractivity contribution in [2.45, 2.75) is 36.2 Å². The second kappa shape index (κ2) is 8.19. The Balaban J connectivity index is 1.46. The van der Waals surface area contributed by atoms with E-state index < -0.39 is 16.8 Å². The van der Waals surface area contributed by atoms with Crippen LogP contribution in [0, 0.1) is 15.9 Å². The van der Waals surface area contributed by atoms with Crippen LogP contribution < -0.4 is 5.32 Å². The molecule has 5 rings (SSSR count). The number of nitrogens with zero attached hydrogens (tertiary/aromatic N) is 4. The number of hydrogen-bond acceptors (Lipinski definition) is 7. The average molecular weight is 451 g/mol.